The molecule has 1 amide bonds. The first kappa shape index (κ1) is 28.4. The van der Waals surface area contributed by atoms with Gasteiger partial charge < -0.3 is 24.1 Å². The lowest BCUT2D eigenvalue weighted by molar-refractivity contribution is -0.132. The van der Waals surface area contributed by atoms with Crippen molar-refractivity contribution in [3.05, 3.63) is 113 Å². The van der Waals surface area contributed by atoms with Crippen molar-refractivity contribution in [2.24, 2.45) is 0 Å². The average molecular weight is 621 g/mol. The number of amides is 1. The Kier molecular flexibility index (Phi) is 7.56. The number of ether oxygens (including phenoxy) is 4. The van der Waals surface area contributed by atoms with Gasteiger partial charge in [-0.3, -0.25) is 14.5 Å². The number of nitrogens with zero attached hydrogens (tertiary/aromatic N) is 2. The second-order valence-corrected chi connectivity index (χ2v) is 11.4. The molecular formula is C35H28N2O7S. The summed E-state index contributed by atoms with van der Waals surface area (Å²) < 4.78 is 23.7. The number of fused-ring (bicyclic) bond motifs is 2. The molecule has 0 radical (unpaired) electrons. The molecule has 0 bridgehead atoms. The van der Waals surface area contributed by atoms with E-state index in [2.05, 4.69) is 0 Å². The van der Waals surface area contributed by atoms with E-state index in [0.29, 0.717) is 71.2 Å². The lowest BCUT2D eigenvalue weighted by Crippen LogP contribution is -2.29. The fourth-order valence-corrected chi connectivity index (χ4v) is 6.45. The Balaban J connectivity index is 1.30. The van der Waals surface area contributed by atoms with E-state index in [1.807, 2.05) is 55.5 Å². The molecule has 9 nitrogen and oxygen atoms in total. The lowest BCUT2D eigenvalue weighted by Gasteiger charge is -2.23. The summed E-state index contributed by atoms with van der Waals surface area (Å²) in [5.41, 5.74) is 2.57. The Bertz CT molecular complexity index is 1940. The number of Topliss-reactive ketones (excluding diaryl/α,β-unsaturated/α-hetero) is 1. The molecule has 2 aliphatic rings. The van der Waals surface area contributed by atoms with Crippen LogP contribution in [0.4, 0.5) is 5.13 Å². The summed E-state index contributed by atoms with van der Waals surface area (Å²) in [5.74, 6) is 0.382. The summed E-state index contributed by atoms with van der Waals surface area (Å²) in [7, 11) is 0. The van der Waals surface area contributed by atoms with Gasteiger partial charge in [-0.1, -0.05) is 53.8 Å². The van der Waals surface area contributed by atoms with Gasteiger partial charge in [-0.2, -0.15) is 0 Å². The number of hydrogen-bond acceptors (Lipinski definition) is 9. The van der Waals surface area contributed by atoms with E-state index >= 15 is 0 Å². The predicted molar refractivity (Wildman–Crippen MR) is 170 cm³/mol. The van der Waals surface area contributed by atoms with Gasteiger partial charge in [0, 0.05) is 5.56 Å². The zero-order chi connectivity index (χ0) is 30.9. The van der Waals surface area contributed by atoms with Gasteiger partial charge in [0.25, 0.3) is 5.78 Å². The summed E-state index contributed by atoms with van der Waals surface area (Å²) >= 11 is 1.27. The third-order valence-electron chi connectivity index (χ3n) is 7.57. The van der Waals surface area contributed by atoms with Gasteiger partial charge in [0.15, 0.2) is 16.6 Å². The number of aromatic nitrogens is 1. The van der Waals surface area contributed by atoms with Gasteiger partial charge in [0.05, 0.1) is 28.4 Å². The normalized spacial score (nSPS) is 17.1. The third-order valence-corrected chi connectivity index (χ3v) is 8.59. The second kappa shape index (κ2) is 12.0. The predicted octanol–water partition coefficient (Wildman–Crippen LogP) is 6.67. The first-order chi connectivity index (χ1) is 22.0. The number of carbonyl (C=O) groups is 2. The standard InChI is InChI=1S/C35H28N2O7S/c1-2-41-25-13-14-26-29(19-25)45-35(36-26)37-31(22-8-11-24(12-9-22)44-20-21-6-4-3-5-7-21)30(33(39)34(37)40)32(38)23-10-15-27-28(18-23)43-17-16-42-27/h3-15,18-19,31,38H,2,16-17,20H2,1H3/t31-/m1/s1. The van der Waals surface area contributed by atoms with E-state index in [0.717, 1.165) is 10.3 Å². The minimum Gasteiger partial charge on any atom is -0.507 e. The first-order valence-electron chi connectivity index (χ1n) is 14.5. The molecule has 2 aliphatic heterocycles. The van der Waals surface area contributed by atoms with Gasteiger partial charge in [0.2, 0.25) is 0 Å². The highest BCUT2D eigenvalue weighted by atomic mass is 32.1. The quantitative estimate of drug-likeness (QED) is 0.116. The highest BCUT2D eigenvalue weighted by Crippen LogP contribution is 2.45. The number of benzene rings is 4. The summed E-state index contributed by atoms with van der Waals surface area (Å²) in [4.78, 5) is 33.5. The van der Waals surface area contributed by atoms with Crippen LogP contribution in [-0.4, -0.2) is 41.6 Å². The Morgan fingerprint density at radius 3 is 2.44 bits per heavy atom. The van der Waals surface area contributed by atoms with Gasteiger partial charge in [-0.25, -0.2) is 4.98 Å². The maximum atomic E-state index is 13.7. The van der Waals surface area contributed by atoms with E-state index < -0.39 is 17.7 Å². The zero-order valence-electron chi connectivity index (χ0n) is 24.3. The molecule has 4 aromatic carbocycles. The van der Waals surface area contributed by atoms with E-state index in [1.54, 1.807) is 42.5 Å². The summed E-state index contributed by atoms with van der Waals surface area (Å²) in [6.07, 6.45) is 0. The molecule has 5 aromatic rings. The van der Waals surface area contributed by atoms with Crippen LogP contribution in [-0.2, 0) is 16.2 Å². The number of anilines is 1. The van der Waals surface area contributed by atoms with Gasteiger partial charge in [0.1, 0.15) is 37.1 Å². The smallest absolute Gasteiger partial charge is 0.301 e. The summed E-state index contributed by atoms with van der Waals surface area (Å²) in [5, 5.41) is 12.0. The molecule has 7 rings (SSSR count). The lowest BCUT2D eigenvalue weighted by atomic mass is 9.95. The highest BCUT2D eigenvalue weighted by molar-refractivity contribution is 7.22. The fourth-order valence-electron chi connectivity index (χ4n) is 5.43. The van der Waals surface area contributed by atoms with Crippen molar-refractivity contribution in [1.82, 2.24) is 4.98 Å². The molecule has 226 valence electrons. The molecule has 0 spiro atoms. The summed E-state index contributed by atoms with van der Waals surface area (Å²) in [6, 6.07) is 26.4. The number of aliphatic hydroxyl groups is 1. The number of rotatable bonds is 8. The van der Waals surface area contributed by atoms with Crippen LogP contribution in [0.5, 0.6) is 23.0 Å². The Morgan fingerprint density at radius 1 is 0.911 bits per heavy atom. The van der Waals surface area contributed by atoms with Crippen LogP contribution in [0, 0.1) is 0 Å². The molecule has 0 saturated carbocycles. The summed E-state index contributed by atoms with van der Waals surface area (Å²) in [6.45, 7) is 3.59. The van der Waals surface area contributed by atoms with Crippen molar-refractivity contribution < 1.29 is 33.6 Å². The largest absolute Gasteiger partial charge is 0.507 e. The van der Waals surface area contributed by atoms with Crippen molar-refractivity contribution in [2.45, 2.75) is 19.6 Å². The first-order valence-corrected chi connectivity index (χ1v) is 15.3. The maximum absolute atomic E-state index is 13.7. The van der Waals surface area contributed by atoms with Crippen LogP contribution in [0.1, 0.15) is 29.7 Å². The molecule has 1 N–H and O–H groups in total. The molecule has 1 saturated heterocycles. The molecule has 1 aromatic heterocycles. The topological polar surface area (TPSA) is 107 Å². The second-order valence-electron chi connectivity index (χ2n) is 10.4. The SMILES string of the molecule is CCOc1ccc2nc(N3C(=O)C(=O)C(=C(O)c4ccc5c(c4)OCCO5)[C@H]3c3ccc(OCc4ccccc4)cc3)sc2c1. The zero-order valence-corrected chi connectivity index (χ0v) is 25.1. The van der Waals surface area contributed by atoms with E-state index in [1.165, 1.54) is 16.2 Å². The van der Waals surface area contributed by atoms with Crippen molar-refractivity contribution in [1.29, 1.82) is 0 Å². The van der Waals surface area contributed by atoms with E-state index in [9.17, 15) is 14.7 Å². The Hall–Kier alpha value is -5.35. The number of thiazole rings is 1. The molecular weight excluding hydrogens is 592 g/mol. The average Bonchev–Trinajstić information content (AvgIpc) is 3.61. The molecule has 45 heavy (non-hydrogen) atoms. The van der Waals surface area contributed by atoms with Crippen LogP contribution >= 0.6 is 11.3 Å². The van der Waals surface area contributed by atoms with Crippen LogP contribution in [0.25, 0.3) is 16.0 Å². The van der Waals surface area contributed by atoms with Crippen molar-refractivity contribution in [2.75, 3.05) is 24.7 Å². The van der Waals surface area contributed by atoms with Crippen LogP contribution in [0.3, 0.4) is 0 Å². The van der Waals surface area contributed by atoms with Crippen molar-refractivity contribution >= 4 is 44.1 Å². The number of ketones is 1. The van der Waals surface area contributed by atoms with Crippen molar-refractivity contribution in [3.63, 3.8) is 0 Å². The Morgan fingerprint density at radius 2 is 1.67 bits per heavy atom. The number of hydrogen-bond donors (Lipinski definition) is 1. The Labute approximate surface area is 262 Å². The van der Waals surface area contributed by atoms with E-state index in [4.69, 9.17) is 23.9 Å². The van der Waals surface area contributed by atoms with Gasteiger partial charge in [-0.15, -0.1) is 0 Å². The van der Waals surface area contributed by atoms with Gasteiger partial charge >= 0.3 is 5.91 Å². The van der Waals surface area contributed by atoms with Crippen LogP contribution < -0.4 is 23.8 Å². The molecule has 1 fully saturated rings. The monoisotopic (exact) mass is 620 g/mol. The third kappa shape index (κ3) is 5.44. The molecule has 3 heterocycles. The molecule has 0 unspecified atom stereocenters. The molecule has 1 atom stereocenters. The minimum absolute atomic E-state index is 0.0520. The van der Waals surface area contributed by atoms with Crippen LogP contribution in [0.2, 0.25) is 0 Å². The van der Waals surface area contributed by atoms with E-state index in [-0.39, 0.29) is 11.3 Å². The van der Waals surface area contributed by atoms with Crippen molar-refractivity contribution in [3.8, 4) is 23.0 Å². The number of aliphatic hydroxyl groups excluding tert-OH is 1. The fraction of sp³-hybridized carbons (Fsp3) is 0.171. The molecule has 10 heteroatoms. The molecule has 0 aliphatic carbocycles. The minimum atomic E-state index is -0.951. The number of carbonyl (C=O) groups excluding carboxylic acids is 2. The van der Waals surface area contributed by atoms with Crippen LogP contribution in [0.15, 0.2) is 96.6 Å². The highest BCUT2D eigenvalue weighted by Gasteiger charge is 2.48. The van der Waals surface area contributed by atoms with Gasteiger partial charge in [-0.05, 0) is 66.6 Å². The maximum Gasteiger partial charge on any atom is 0.301 e.